The number of rotatable bonds is 7. The number of hydrogen-bond acceptors (Lipinski definition) is 5. The molecule has 1 aromatic heterocycles. The van der Waals surface area contributed by atoms with E-state index in [1.54, 1.807) is 11.8 Å². The standard InChI is InChI=1S/C17H15ClN2O2S2/c18-12-5-7-13(8-6-12)23-10-9-19-16(21)11-24-17-20-14-3-1-2-4-15(14)22-17/h1-8H,9-11H2,(H,19,21). The van der Waals surface area contributed by atoms with E-state index < -0.39 is 0 Å². The summed E-state index contributed by atoms with van der Waals surface area (Å²) in [5.41, 5.74) is 1.54. The highest BCUT2D eigenvalue weighted by molar-refractivity contribution is 7.99. The minimum atomic E-state index is -0.0287. The smallest absolute Gasteiger partial charge is 0.257 e. The molecule has 2 aromatic carbocycles. The van der Waals surface area contributed by atoms with E-state index in [0.717, 1.165) is 26.8 Å². The number of carbonyl (C=O) groups is 1. The lowest BCUT2D eigenvalue weighted by Crippen LogP contribution is -2.27. The Morgan fingerprint density at radius 1 is 1.12 bits per heavy atom. The van der Waals surface area contributed by atoms with Crippen molar-refractivity contribution in [3.05, 3.63) is 53.6 Å². The predicted octanol–water partition coefficient (Wildman–Crippen LogP) is 4.48. The Morgan fingerprint density at radius 3 is 2.71 bits per heavy atom. The molecule has 0 saturated carbocycles. The van der Waals surface area contributed by atoms with Gasteiger partial charge in [0.15, 0.2) is 5.58 Å². The molecule has 0 fully saturated rings. The Morgan fingerprint density at radius 2 is 1.92 bits per heavy atom. The molecule has 0 bridgehead atoms. The van der Waals surface area contributed by atoms with Crippen LogP contribution in [-0.2, 0) is 4.79 Å². The largest absolute Gasteiger partial charge is 0.431 e. The SMILES string of the molecule is O=C(CSc1nc2ccccc2o1)NCCSc1ccc(Cl)cc1. The first kappa shape index (κ1) is 17.2. The Labute approximate surface area is 153 Å². The Hall–Kier alpha value is -1.63. The molecule has 3 aromatic rings. The molecular weight excluding hydrogens is 364 g/mol. The van der Waals surface area contributed by atoms with Crippen molar-refractivity contribution in [2.24, 2.45) is 0 Å². The fraction of sp³-hybridized carbons (Fsp3) is 0.176. The maximum Gasteiger partial charge on any atom is 0.257 e. The molecule has 0 atom stereocenters. The van der Waals surface area contributed by atoms with Gasteiger partial charge in [-0.15, -0.1) is 11.8 Å². The van der Waals surface area contributed by atoms with Gasteiger partial charge < -0.3 is 9.73 Å². The van der Waals surface area contributed by atoms with E-state index >= 15 is 0 Å². The van der Waals surface area contributed by atoms with E-state index in [4.69, 9.17) is 16.0 Å². The van der Waals surface area contributed by atoms with Gasteiger partial charge in [-0.05, 0) is 36.4 Å². The zero-order chi connectivity index (χ0) is 16.8. The lowest BCUT2D eigenvalue weighted by molar-refractivity contribution is -0.118. The van der Waals surface area contributed by atoms with Crippen LogP contribution in [0, 0.1) is 0 Å². The third-order valence-electron chi connectivity index (χ3n) is 3.11. The van der Waals surface area contributed by atoms with Crippen LogP contribution in [-0.4, -0.2) is 28.9 Å². The molecule has 1 amide bonds. The van der Waals surface area contributed by atoms with Gasteiger partial charge in [0.1, 0.15) is 5.52 Å². The van der Waals surface area contributed by atoms with Crippen molar-refractivity contribution in [1.29, 1.82) is 0 Å². The summed E-state index contributed by atoms with van der Waals surface area (Å²) in [6, 6.07) is 15.2. The van der Waals surface area contributed by atoms with Gasteiger partial charge in [0, 0.05) is 22.2 Å². The summed E-state index contributed by atoms with van der Waals surface area (Å²) in [6.45, 7) is 0.611. The number of para-hydroxylation sites is 2. The van der Waals surface area contributed by atoms with Gasteiger partial charge in [0.2, 0.25) is 5.91 Å². The first-order valence-corrected chi connectivity index (χ1v) is 9.69. The van der Waals surface area contributed by atoms with Crippen LogP contribution in [0.4, 0.5) is 0 Å². The number of nitrogens with one attached hydrogen (secondary N) is 1. The normalized spacial score (nSPS) is 10.9. The molecule has 24 heavy (non-hydrogen) atoms. The number of aromatic nitrogens is 1. The van der Waals surface area contributed by atoms with E-state index in [2.05, 4.69) is 10.3 Å². The second-order valence-electron chi connectivity index (χ2n) is 4.89. The van der Waals surface area contributed by atoms with Gasteiger partial charge in [-0.25, -0.2) is 4.98 Å². The van der Waals surface area contributed by atoms with Crippen molar-refractivity contribution in [1.82, 2.24) is 10.3 Å². The van der Waals surface area contributed by atoms with E-state index in [0.29, 0.717) is 17.5 Å². The molecule has 0 aliphatic carbocycles. The van der Waals surface area contributed by atoms with Crippen molar-refractivity contribution in [2.75, 3.05) is 18.1 Å². The average Bonchev–Trinajstić information content (AvgIpc) is 3.01. The van der Waals surface area contributed by atoms with Crippen molar-refractivity contribution in [3.63, 3.8) is 0 Å². The fourth-order valence-corrected chi connectivity index (χ4v) is 3.54. The molecule has 0 spiro atoms. The quantitative estimate of drug-likeness (QED) is 0.485. The molecule has 0 radical (unpaired) electrons. The van der Waals surface area contributed by atoms with Crippen LogP contribution in [0.25, 0.3) is 11.1 Å². The summed E-state index contributed by atoms with van der Waals surface area (Å²) in [7, 11) is 0. The van der Waals surface area contributed by atoms with Gasteiger partial charge in [-0.1, -0.05) is 35.5 Å². The molecule has 0 aliphatic rings. The number of amides is 1. The topological polar surface area (TPSA) is 55.1 Å². The van der Waals surface area contributed by atoms with E-state index in [1.807, 2.05) is 48.5 Å². The molecule has 1 heterocycles. The monoisotopic (exact) mass is 378 g/mol. The summed E-state index contributed by atoms with van der Waals surface area (Å²) >= 11 is 8.82. The maximum absolute atomic E-state index is 11.9. The van der Waals surface area contributed by atoms with Gasteiger partial charge in [-0.3, -0.25) is 4.79 Å². The Bertz CT molecular complexity index is 788. The highest BCUT2D eigenvalue weighted by Crippen LogP contribution is 2.23. The molecule has 0 saturated heterocycles. The molecule has 0 aliphatic heterocycles. The summed E-state index contributed by atoms with van der Waals surface area (Å²) < 4.78 is 5.57. The Kier molecular flexibility index (Phi) is 6.07. The molecule has 1 N–H and O–H groups in total. The first-order valence-electron chi connectivity index (χ1n) is 7.34. The van der Waals surface area contributed by atoms with Crippen LogP contribution in [0.15, 0.2) is 63.1 Å². The van der Waals surface area contributed by atoms with Crippen LogP contribution < -0.4 is 5.32 Å². The zero-order valence-corrected chi connectivity index (χ0v) is 15.1. The van der Waals surface area contributed by atoms with Crippen molar-refractivity contribution < 1.29 is 9.21 Å². The van der Waals surface area contributed by atoms with Gasteiger partial charge >= 0.3 is 0 Å². The summed E-state index contributed by atoms with van der Waals surface area (Å²) in [6.07, 6.45) is 0. The number of hydrogen-bond donors (Lipinski definition) is 1. The minimum Gasteiger partial charge on any atom is -0.431 e. The minimum absolute atomic E-state index is 0.0287. The number of nitrogens with zero attached hydrogens (tertiary/aromatic N) is 1. The number of carbonyl (C=O) groups excluding carboxylic acids is 1. The summed E-state index contributed by atoms with van der Waals surface area (Å²) in [5, 5.41) is 4.13. The third kappa shape index (κ3) is 4.93. The number of benzene rings is 2. The molecule has 124 valence electrons. The molecule has 4 nitrogen and oxygen atoms in total. The van der Waals surface area contributed by atoms with Crippen molar-refractivity contribution in [2.45, 2.75) is 10.1 Å². The molecule has 3 rings (SSSR count). The maximum atomic E-state index is 11.9. The third-order valence-corrected chi connectivity index (χ3v) is 5.20. The van der Waals surface area contributed by atoms with Crippen LogP contribution >= 0.6 is 35.1 Å². The van der Waals surface area contributed by atoms with Gasteiger partial charge in [0.25, 0.3) is 5.22 Å². The highest BCUT2D eigenvalue weighted by Gasteiger charge is 2.08. The lowest BCUT2D eigenvalue weighted by atomic mass is 10.3. The van der Waals surface area contributed by atoms with E-state index in [1.165, 1.54) is 11.8 Å². The second-order valence-corrected chi connectivity index (χ2v) is 7.42. The lowest BCUT2D eigenvalue weighted by Gasteiger charge is -2.04. The van der Waals surface area contributed by atoms with Crippen LogP contribution in [0.5, 0.6) is 0 Å². The number of oxazole rings is 1. The van der Waals surface area contributed by atoms with Crippen LogP contribution in [0.1, 0.15) is 0 Å². The van der Waals surface area contributed by atoms with Gasteiger partial charge in [-0.2, -0.15) is 0 Å². The van der Waals surface area contributed by atoms with Crippen LogP contribution in [0.2, 0.25) is 5.02 Å². The zero-order valence-electron chi connectivity index (χ0n) is 12.7. The predicted molar refractivity (Wildman–Crippen MR) is 99.9 cm³/mol. The average molecular weight is 379 g/mol. The second kappa shape index (κ2) is 8.46. The Balaban J connectivity index is 1.37. The molecular formula is C17H15ClN2O2S2. The number of fused-ring (bicyclic) bond motifs is 1. The number of halogens is 1. The number of thioether (sulfide) groups is 2. The van der Waals surface area contributed by atoms with Gasteiger partial charge in [0.05, 0.1) is 5.75 Å². The van der Waals surface area contributed by atoms with Crippen molar-refractivity contribution >= 4 is 52.1 Å². The molecule has 0 unspecified atom stereocenters. The van der Waals surface area contributed by atoms with Crippen molar-refractivity contribution in [3.8, 4) is 0 Å². The first-order chi connectivity index (χ1) is 11.7. The summed E-state index contributed by atoms with van der Waals surface area (Å²) in [5.74, 6) is 1.07. The fourth-order valence-electron chi connectivity index (χ4n) is 1.98. The molecule has 7 heteroatoms. The summed E-state index contributed by atoms with van der Waals surface area (Å²) in [4.78, 5) is 17.3. The highest BCUT2D eigenvalue weighted by atomic mass is 35.5. The van der Waals surface area contributed by atoms with E-state index in [-0.39, 0.29) is 5.91 Å². The van der Waals surface area contributed by atoms with Crippen LogP contribution in [0.3, 0.4) is 0 Å². The van der Waals surface area contributed by atoms with E-state index in [9.17, 15) is 4.79 Å².